The first-order valence-electron chi connectivity index (χ1n) is 9.58. The maximum atomic E-state index is 12.6. The van der Waals surface area contributed by atoms with E-state index in [0.29, 0.717) is 17.9 Å². The van der Waals surface area contributed by atoms with E-state index in [4.69, 9.17) is 0 Å². The molecule has 3 aromatic heterocycles. The fraction of sp³-hybridized carbons (Fsp3) is 0.474. The largest absolute Gasteiger partial charge is 0.356 e. The van der Waals surface area contributed by atoms with Crippen LogP contribution < -0.4 is 10.2 Å². The molecule has 2 N–H and O–H groups in total. The Morgan fingerprint density at radius 1 is 1.32 bits per heavy atom. The SMILES string of the molecule is Cc1cc(NC(=O)N2CC3C[C@@H](N(C)c4ncnc5[nH]ccc45)C[C@@H]3C2)sn1. The second-order valence-electron chi connectivity index (χ2n) is 7.86. The van der Waals surface area contributed by atoms with Crippen LogP contribution in [0.2, 0.25) is 0 Å². The molecular weight excluding hydrogens is 374 g/mol. The van der Waals surface area contributed by atoms with Gasteiger partial charge in [0, 0.05) is 32.4 Å². The number of aromatic nitrogens is 4. The number of rotatable bonds is 3. The first-order chi connectivity index (χ1) is 13.6. The monoisotopic (exact) mass is 397 g/mol. The Balaban J connectivity index is 1.23. The van der Waals surface area contributed by atoms with Crippen LogP contribution in [0.5, 0.6) is 0 Å². The highest BCUT2D eigenvalue weighted by atomic mass is 32.1. The minimum Gasteiger partial charge on any atom is -0.356 e. The van der Waals surface area contributed by atoms with E-state index >= 15 is 0 Å². The molecule has 28 heavy (non-hydrogen) atoms. The minimum absolute atomic E-state index is 0.00668. The average Bonchev–Trinajstić information content (AvgIpc) is 3.43. The minimum atomic E-state index is -0.00668. The van der Waals surface area contributed by atoms with Crippen LogP contribution in [-0.2, 0) is 0 Å². The van der Waals surface area contributed by atoms with Crippen LogP contribution in [0.1, 0.15) is 18.5 Å². The molecule has 3 aromatic rings. The highest BCUT2D eigenvalue weighted by Gasteiger charge is 2.44. The summed E-state index contributed by atoms with van der Waals surface area (Å²) in [5, 5.41) is 4.86. The molecule has 3 atom stereocenters. The Labute approximate surface area is 167 Å². The Kier molecular flexibility index (Phi) is 4.19. The maximum absolute atomic E-state index is 12.6. The van der Waals surface area contributed by atoms with Crippen molar-refractivity contribution in [3.8, 4) is 0 Å². The lowest BCUT2D eigenvalue weighted by Gasteiger charge is -2.28. The molecule has 1 saturated carbocycles. The van der Waals surface area contributed by atoms with Gasteiger partial charge in [0.2, 0.25) is 0 Å². The molecule has 1 saturated heterocycles. The number of likely N-dealkylation sites (tertiary alicyclic amines) is 1. The van der Waals surface area contributed by atoms with Gasteiger partial charge in [0.25, 0.3) is 0 Å². The summed E-state index contributed by atoms with van der Waals surface area (Å²) in [6.45, 7) is 3.58. The predicted molar refractivity (Wildman–Crippen MR) is 110 cm³/mol. The third kappa shape index (κ3) is 2.99. The van der Waals surface area contributed by atoms with Crippen molar-refractivity contribution < 1.29 is 4.79 Å². The summed E-state index contributed by atoms with van der Waals surface area (Å²) in [6, 6.07) is 4.38. The van der Waals surface area contributed by atoms with Crippen molar-refractivity contribution in [3.63, 3.8) is 0 Å². The number of fused-ring (bicyclic) bond motifs is 2. The van der Waals surface area contributed by atoms with Crippen LogP contribution in [0.4, 0.5) is 15.6 Å². The quantitative estimate of drug-likeness (QED) is 0.709. The highest BCUT2D eigenvalue weighted by Crippen LogP contribution is 2.41. The van der Waals surface area contributed by atoms with Gasteiger partial charge in [0.05, 0.1) is 11.1 Å². The fourth-order valence-electron chi connectivity index (χ4n) is 4.67. The number of hydrogen-bond acceptors (Lipinski definition) is 6. The van der Waals surface area contributed by atoms with E-state index in [-0.39, 0.29) is 6.03 Å². The van der Waals surface area contributed by atoms with E-state index in [1.54, 1.807) is 6.33 Å². The number of nitrogens with zero attached hydrogens (tertiary/aromatic N) is 5. The van der Waals surface area contributed by atoms with E-state index in [1.807, 2.05) is 30.2 Å². The third-order valence-corrected chi connectivity index (χ3v) is 6.88. The summed E-state index contributed by atoms with van der Waals surface area (Å²) in [6.07, 6.45) is 5.69. The second kappa shape index (κ2) is 6.73. The van der Waals surface area contributed by atoms with Crippen molar-refractivity contribution in [2.75, 3.05) is 30.4 Å². The van der Waals surface area contributed by atoms with E-state index in [9.17, 15) is 4.79 Å². The van der Waals surface area contributed by atoms with Gasteiger partial charge in [-0.15, -0.1) is 0 Å². The molecule has 2 fully saturated rings. The van der Waals surface area contributed by atoms with Crippen molar-refractivity contribution in [2.45, 2.75) is 25.8 Å². The number of aryl methyl sites for hydroxylation is 1. The number of carbonyl (C=O) groups is 1. The lowest BCUT2D eigenvalue weighted by molar-refractivity contribution is 0.218. The molecule has 2 aliphatic rings. The Hall–Kier alpha value is -2.68. The Morgan fingerprint density at radius 2 is 2.11 bits per heavy atom. The predicted octanol–water partition coefficient (Wildman–Crippen LogP) is 3.10. The molecule has 9 heteroatoms. The first kappa shape index (κ1) is 17.4. The summed E-state index contributed by atoms with van der Waals surface area (Å²) < 4.78 is 4.22. The number of H-pyrrole nitrogens is 1. The standard InChI is InChI=1S/C19H23N7OS/c1-11-5-16(28-24-11)23-19(27)26-8-12-6-14(7-13(12)9-26)25(2)18-15-3-4-20-17(15)21-10-22-18/h3-5,10,12-14H,6-9H2,1-2H3,(H,23,27)(H,20,21,22)/t12-,13?,14+/m1/s1. The van der Waals surface area contributed by atoms with Crippen molar-refractivity contribution in [3.05, 3.63) is 30.4 Å². The smallest absolute Gasteiger partial charge is 0.322 e. The van der Waals surface area contributed by atoms with Gasteiger partial charge >= 0.3 is 6.03 Å². The number of nitrogens with one attached hydrogen (secondary N) is 2. The summed E-state index contributed by atoms with van der Waals surface area (Å²) >= 11 is 1.33. The number of carbonyl (C=O) groups excluding carboxylic acids is 1. The first-order valence-corrected chi connectivity index (χ1v) is 10.4. The molecule has 1 unspecified atom stereocenters. The summed E-state index contributed by atoms with van der Waals surface area (Å²) in [5.74, 6) is 2.07. The zero-order valence-electron chi connectivity index (χ0n) is 15.9. The number of aromatic amines is 1. The van der Waals surface area contributed by atoms with Crippen LogP contribution in [0, 0.1) is 18.8 Å². The third-order valence-electron chi connectivity index (χ3n) is 6.09. The molecule has 1 aliphatic heterocycles. The van der Waals surface area contributed by atoms with Gasteiger partial charge in [-0.25, -0.2) is 14.8 Å². The molecule has 0 spiro atoms. The Bertz CT molecular complexity index is 1000. The van der Waals surface area contributed by atoms with E-state index in [2.05, 4.69) is 36.6 Å². The summed E-state index contributed by atoms with van der Waals surface area (Å²) in [7, 11) is 2.12. The van der Waals surface area contributed by atoms with Gasteiger partial charge in [-0.1, -0.05) is 0 Å². The lowest BCUT2D eigenvalue weighted by Crippen LogP contribution is -2.36. The normalized spacial score (nSPS) is 23.9. The van der Waals surface area contributed by atoms with Crippen LogP contribution in [0.3, 0.4) is 0 Å². The molecule has 0 bridgehead atoms. The number of hydrogen-bond donors (Lipinski definition) is 2. The molecule has 0 radical (unpaired) electrons. The molecule has 0 aromatic carbocycles. The van der Waals surface area contributed by atoms with E-state index < -0.39 is 0 Å². The zero-order valence-corrected chi connectivity index (χ0v) is 16.7. The van der Waals surface area contributed by atoms with Gasteiger partial charge in [0.1, 0.15) is 22.8 Å². The Morgan fingerprint density at radius 3 is 2.82 bits per heavy atom. The van der Waals surface area contributed by atoms with Gasteiger partial charge in [0.15, 0.2) is 0 Å². The van der Waals surface area contributed by atoms with Crippen LogP contribution in [0.15, 0.2) is 24.7 Å². The van der Waals surface area contributed by atoms with Crippen LogP contribution in [0.25, 0.3) is 11.0 Å². The highest BCUT2D eigenvalue weighted by molar-refractivity contribution is 7.10. The van der Waals surface area contributed by atoms with Gasteiger partial charge in [-0.05, 0) is 55.3 Å². The topological polar surface area (TPSA) is 90.0 Å². The van der Waals surface area contributed by atoms with Crippen molar-refractivity contribution in [1.29, 1.82) is 0 Å². The fourth-order valence-corrected chi connectivity index (χ4v) is 5.32. The molecule has 2 amide bonds. The maximum Gasteiger partial charge on any atom is 0.322 e. The van der Waals surface area contributed by atoms with E-state index in [1.165, 1.54) is 11.5 Å². The molecular formula is C19H23N7OS. The molecule has 8 nitrogen and oxygen atoms in total. The van der Waals surface area contributed by atoms with Gasteiger partial charge in [-0.3, -0.25) is 5.32 Å². The molecule has 146 valence electrons. The molecule has 1 aliphatic carbocycles. The average molecular weight is 398 g/mol. The van der Waals surface area contributed by atoms with Gasteiger partial charge < -0.3 is 14.8 Å². The van der Waals surface area contributed by atoms with Crippen molar-refractivity contribution in [1.82, 2.24) is 24.2 Å². The number of urea groups is 1. The molecule has 5 rings (SSSR count). The van der Waals surface area contributed by atoms with E-state index in [0.717, 1.165) is 53.5 Å². The van der Waals surface area contributed by atoms with Gasteiger partial charge in [-0.2, -0.15) is 4.37 Å². The van der Waals surface area contributed by atoms with Crippen LogP contribution in [-0.4, -0.2) is 56.4 Å². The van der Waals surface area contributed by atoms with Crippen molar-refractivity contribution in [2.24, 2.45) is 11.8 Å². The van der Waals surface area contributed by atoms with Crippen LogP contribution >= 0.6 is 11.5 Å². The lowest BCUT2D eigenvalue weighted by atomic mass is 10.0. The summed E-state index contributed by atoms with van der Waals surface area (Å²) in [4.78, 5) is 28.8. The summed E-state index contributed by atoms with van der Waals surface area (Å²) in [5.41, 5.74) is 1.81. The number of anilines is 2. The second-order valence-corrected chi connectivity index (χ2v) is 8.67. The molecule has 4 heterocycles. The number of amides is 2. The zero-order chi connectivity index (χ0) is 19.3. The van der Waals surface area contributed by atoms with Crippen molar-refractivity contribution >= 4 is 39.4 Å².